The van der Waals surface area contributed by atoms with Crippen LogP contribution in [0, 0.1) is 6.92 Å². The molecule has 104 valence electrons. The Morgan fingerprint density at radius 3 is 2.47 bits per heavy atom. The van der Waals surface area contributed by atoms with Crippen LogP contribution in [0.2, 0.25) is 0 Å². The highest BCUT2D eigenvalue weighted by molar-refractivity contribution is 5.94. The summed E-state index contributed by atoms with van der Waals surface area (Å²) in [6, 6.07) is 1.61. The third kappa shape index (κ3) is 4.55. The number of nitrogens with two attached hydrogens (primary N) is 1. The van der Waals surface area contributed by atoms with Crippen LogP contribution in [-0.2, 0) is 4.74 Å². The highest BCUT2D eigenvalue weighted by atomic mass is 16.6. The van der Waals surface area contributed by atoms with Crippen LogP contribution in [0.15, 0.2) is 12.3 Å². The zero-order valence-electron chi connectivity index (χ0n) is 11.4. The smallest absolute Gasteiger partial charge is 0.412 e. The maximum absolute atomic E-state index is 11.6. The highest BCUT2D eigenvalue weighted by Gasteiger charge is 2.17. The quantitative estimate of drug-likeness (QED) is 0.425. The molecule has 0 aliphatic rings. The van der Waals surface area contributed by atoms with Gasteiger partial charge in [-0.3, -0.25) is 15.5 Å². The molecule has 1 rings (SSSR count). The van der Waals surface area contributed by atoms with Gasteiger partial charge in [-0.05, 0) is 39.3 Å². The lowest BCUT2D eigenvalue weighted by molar-refractivity contribution is 0.0635. The molecule has 4 N–H and O–H groups in total. The number of hydrogen-bond donors (Lipinski definition) is 3. The highest BCUT2D eigenvalue weighted by Crippen LogP contribution is 2.14. The molecule has 0 radical (unpaired) electrons. The molecule has 0 spiro atoms. The number of hydrogen-bond acceptors (Lipinski definition) is 5. The van der Waals surface area contributed by atoms with E-state index >= 15 is 0 Å². The minimum atomic E-state index is -0.579. The second kappa shape index (κ2) is 5.66. The standard InChI is InChI=1S/C12H18N4O3/c1-7-5-8(6-14-9(7)10(17)16-13)15-11(18)19-12(2,3)4/h5-6H,13H2,1-4H3,(H,15,18)(H,16,17). The Kier molecular flexibility index (Phi) is 4.44. The van der Waals surface area contributed by atoms with Crippen molar-refractivity contribution in [3.05, 3.63) is 23.5 Å². The van der Waals surface area contributed by atoms with Gasteiger partial charge in [-0.15, -0.1) is 0 Å². The van der Waals surface area contributed by atoms with Crippen LogP contribution in [0.25, 0.3) is 0 Å². The molecule has 7 heteroatoms. The molecule has 0 atom stereocenters. The number of nitrogens with zero attached hydrogens (tertiary/aromatic N) is 1. The minimum Gasteiger partial charge on any atom is -0.444 e. The van der Waals surface area contributed by atoms with Crippen molar-refractivity contribution in [1.29, 1.82) is 0 Å². The van der Waals surface area contributed by atoms with Crippen molar-refractivity contribution in [2.24, 2.45) is 5.84 Å². The molecule has 0 unspecified atom stereocenters. The van der Waals surface area contributed by atoms with Crippen LogP contribution in [0.3, 0.4) is 0 Å². The van der Waals surface area contributed by atoms with Crippen molar-refractivity contribution >= 4 is 17.7 Å². The molecule has 1 aromatic rings. The first-order valence-corrected chi connectivity index (χ1v) is 5.70. The van der Waals surface area contributed by atoms with Gasteiger partial charge in [-0.1, -0.05) is 0 Å². The van der Waals surface area contributed by atoms with E-state index in [1.165, 1.54) is 6.20 Å². The summed E-state index contributed by atoms with van der Waals surface area (Å²) < 4.78 is 5.10. The van der Waals surface area contributed by atoms with Crippen LogP contribution in [0.4, 0.5) is 10.5 Å². The predicted molar refractivity (Wildman–Crippen MR) is 70.5 cm³/mol. The Bertz CT molecular complexity index is 494. The van der Waals surface area contributed by atoms with Crippen LogP contribution in [-0.4, -0.2) is 22.6 Å². The SMILES string of the molecule is Cc1cc(NC(=O)OC(C)(C)C)cnc1C(=O)NN. The Morgan fingerprint density at radius 2 is 2.00 bits per heavy atom. The first kappa shape index (κ1) is 14.9. The summed E-state index contributed by atoms with van der Waals surface area (Å²) in [6.45, 7) is 7.00. The van der Waals surface area contributed by atoms with Crippen molar-refractivity contribution < 1.29 is 14.3 Å². The largest absolute Gasteiger partial charge is 0.444 e. The molecule has 7 nitrogen and oxygen atoms in total. The maximum atomic E-state index is 11.6. The summed E-state index contributed by atoms with van der Waals surface area (Å²) in [7, 11) is 0. The van der Waals surface area contributed by atoms with Gasteiger partial charge in [-0.25, -0.2) is 15.6 Å². The molecule has 19 heavy (non-hydrogen) atoms. The van der Waals surface area contributed by atoms with Gasteiger partial charge in [0.2, 0.25) is 0 Å². The van der Waals surface area contributed by atoms with Crippen LogP contribution >= 0.6 is 0 Å². The Balaban J connectivity index is 2.79. The van der Waals surface area contributed by atoms with Gasteiger partial charge in [0.1, 0.15) is 11.3 Å². The molecule has 0 bridgehead atoms. The van der Waals surface area contributed by atoms with E-state index in [1.807, 2.05) is 5.43 Å². The number of ether oxygens (including phenoxy) is 1. The number of aryl methyl sites for hydroxylation is 1. The van der Waals surface area contributed by atoms with Crippen LogP contribution in [0.1, 0.15) is 36.8 Å². The lowest BCUT2D eigenvalue weighted by atomic mass is 10.2. The molecule has 0 aromatic carbocycles. The summed E-state index contributed by atoms with van der Waals surface area (Å²) in [5, 5.41) is 2.54. The summed E-state index contributed by atoms with van der Waals surface area (Å²) >= 11 is 0. The summed E-state index contributed by atoms with van der Waals surface area (Å²) in [5.41, 5.74) is 2.67. The van der Waals surface area contributed by atoms with Crippen LogP contribution in [0.5, 0.6) is 0 Å². The average molecular weight is 266 g/mol. The number of carbonyl (C=O) groups excluding carboxylic acids is 2. The number of anilines is 1. The van der Waals surface area contributed by atoms with Gasteiger partial charge in [0.25, 0.3) is 5.91 Å². The van der Waals surface area contributed by atoms with Gasteiger partial charge in [-0.2, -0.15) is 0 Å². The van der Waals surface area contributed by atoms with E-state index in [2.05, 4.69) is 10.3 Å². The molecule has 0 saturated heterocycles. The van der Waals surface area contributed by atoms with Gasteiger partial charge in [0, 0.05) is 0 Å². The lowest BCUT2D eigenvalue weighted by Crippen LogP contribution is -2.31. The number of aromatic nitrogens is 1. The van der Waals surface area contributed by atoms with Gasteiger partial charge < -0.3 is 4.74 Å². The zero-order valence-corrected chi connectivity index (χ0v) is 11.4. The van der Waals surface area contributed by atoms with E-state index in [0.717, 1.165) is 0 Å². The third-order valence-electron chi connectivity index (χ3n) is 2.07. The summed E-state index contributed by atoms with van der Waals surface area (Å²) in [4.78, 5) is 26.8. The number of rotatable bonds is 2. The van der Waals surface area contributed by atoms with E-state index < -0.39 is 17.6 Å². The number of carbonyl (C=O) groups is 2. The second-order valence-corrected chi connectivity index (χ2v) is 4.99. The third-order valence-corrected chi connectivity index (χ3v) is 2.07. The van der Waals surface area contributed by atoms with E-state index in [1.54, 1.807) is 33.8 Å². The summed E-state index contributed by atoms with van der Waals surface area (Å²) in [5.74, 6) is 4.55. The number of hydrazine groups is 1. The number of amides is 2. The Morgan fingerprint density at radius 1 is 1.37 bits per heavy atom. The Labute approximate surface area is 111 Å². The molecule has 1 aromatic heterocycles. The molecule has 0 aliphatic heterocycles. The van der Waals surface area contributed by atoms with E-state index in [4.69, 9.17) is 10.6 Å². The first-order valence-electron chi connectivity index (χ1n) is 5.70. The van der Waals surface area contributed by atoms with Crippen molar-refractivity contribution in [3.63, 3.8) is 0 Å². The van der Waals surface area contributed by atoms with Crippen LogP contribution < -0.4 is 16.6 Å². The molecule has 2 amide bonds. The fraction of sp³-hybridized carbons (Fsp3) is 0.417. The number of nitrogen functional groups attached to an aromatic ring is 1. The molecule has 1 heterocycles. The molecule has 0 fully saturated rings. The molecular formula is C12H18N4O3. The second-order valence-electron chi connectivity index (χ2n) is 4.99. The normalized spacial score (nSPS) is 10.8. The van der Waals surface area contributed by atoms with E-state index in [-0.39, 0.29) is 5.69 Å². The first-order chi connectivity index (χ1) is 8.73. The van der Waals surface area contributed by atoms with Crippen molar-refractivity contribution in [3.8, 4) is 0 Å². The fourth-order valence-corrected chi connectivity index (χ4v) is 1.37. The van der Waals surface area contributed by atoms with Gasteiger partial charge in [0.05, 0.1) is 11.9 Å². The molecule has 0 saturated carbocycles. The van der Waals surface area contributed by atoms with Crippen molar-refractivity contribution in [2.75, 3.05) is 5.32 Å². The zero-order chi connectivity index (χ0) is 14.6. The molecule has 0 aliphatic carbocycles. The summed E-state index contributed by atoms with van der Waals surface area (Å²) in [6.07, 6.45) is 0.784. The average Bonchev–Trinajstić information content (AvgIpc) is 2.25. The fourth-order valence-electron chi connectivity index (χ4n) is 1.37. The van der Waals surface area contributed by atoms with E-state index in [9.17, 15) is 9.59 Å². The van der Waals surface area contributed by atoms with E-state index in [0.29, 0.717) is 11.3 Å². The number of nitrogens with one attached hydrogen (secondary N) is 2. The van der Waals surface area contributed by atoms with Crippen molar-refractivity contribution in [2.45, 2.75) is 33.3 Å². The monoisotopic (exact) mass is 266 g/mol. The lowest BCUT2D eigenvalue weighted by Gasteiger charge is -2.19. The Hall–Kier alpha value is -2.15. The number of pyridine rings is 1. The maximum Gasteiger partial charge on any atom is 0.412 e. The topological polar surface area (TPSA) is 106 Å². The minimum absolute atomic E-state index is 0.206. The van der Waals surface area contributed by atoms with Gasteiger partial charge >= 0.3 is 6.09 Å². The molecular weight excluding hydrogens is 248 g/mol. The predicted octanol–water partition coefficient (Wildman–Crippen LogP) is 1.34. The van der Waals surface area contributed by atoms with Gasteiger partial charge in [0.15, 0.2) is 0 Å². The van der Waals surface area contributed by atoms with Crippen molar-refractivity contribution in [1.82, 2.24) is 10.4 Å².